The molecule has 6 heteroatoms. The van der Waals surface area contributed by atoms with E-state index in [9.17, 15) is 14.9 Å². The molecule has 1 aliphatic rings. The number of ketones is 1. The summed E-state index contributed by atoms with van der Waals surface area (Å²) in [7, 11) is 0. The number of benzene rings is 1. The van der Waals surface area contributed by atoms with Crippen molar-refractivity contribution in [2.45, 2.75) is 6.42 Å². The average molecular weight is 307 g/mol. The van der Waals surface area contributed by atoms with Gasteiger partial charge in [0.15, 0.2) is 11.7 Å². The summed E-state index contributed by atoms with van der Waals surface area (Å²) < 4.78 is 5.38. The summed E-state index contributed by atoms with van der Waals surface area (Å²) in [5.41, 5.74) is 1.25. The number of hydrogen-bond donors (Lipinski definition) is 1. The summed E-state index contributed by atoms with van der Waals surface area (Å²) in [5, 5.41) is 11.7. The molecule has 0 saturated carbocycles. The summed E-state index contributed by atoms with van der Waals surface area (Å²) in [4.78, 5) is 28.6. The maximum Gasteiger partial charge on any atom is 0.250 e. The monoisotopic (exact) mass is 307 g/mol. The first-order chi connectivity index (χ1) is 11.2. The van der Waals surface area contributed by atoms with E-state index < -0.39 is 17.6 Å². The van der Waals surface area contributed by atoms with E-state index in [-0.39, 0.29) is 0 Å². The molecule has 0 bridgehead atoms. The quantitative estimate of drug-likeness (QED) is 0.688. The molecular formula is C17H13N3O3. The van der Waals surface area contributed by atoms with Crippen molar-refractivity contribution in [3.05, 3.63) is 53.7 Å². The largest absolute Gasteiger partial charge is 0.493 e. The molecule has 1 aliphatic heterocycles. The van der Waals surface area contributed by atoms with Crippen molar-refractivity contribution in [2.75, 3.05) is 11.9 Å². The lowest BCUT2D eigenvalue weighted by molar-refractivity contribution is -0.117. The molecule has 0 aliphatic carbocycles. The lowest BCUT2D eigenvalue weighted by Gasteiger charge is -2.09. The van der Waals surface area contributed by atoms with E-state index in [0.29, 0.717) is 24.4 Å². The van der Waals surface area contributed by atoms with Crippen LogP contribution in [-0.4, -0.2) is 23.3 Å². The van der Waals surface area contributed by atoms with Gasteiger partial charge in [-0.2, -0.15) is 5.26 Å². The van der Waals surface area contributed by atoms with Crippen LogP contribution in [0.3, 0.4) is 0 Å². The highest BCUT2D eigenvalue weighted by Crippen LogP contribution is 2.27. The number of aromatic nitrogens is 1. The minimum Gasteiger partial charge on any atom is -0.493 e. The Bertz CT molecular complexity index is 796. The molecule has 2 heterocycles. The van der Waals surface area contributed by atoms with Crippen LogP contribution in [0.5, 0.6) is 5.75 Å². The molecule has 0 radical (unpaired) electrons. The van der Waals surface area contributed by atoms with Crippen LogP contribution in [0, 0.1) is 17.2 Å². The number of rotatable bonds is 4. The van der Waals surface area contributed by atoms with Gasteiger partial charge in [0.2, 0.25) is 0 Å². The number of nitriles is 1. The van der Waals surface area contributed by atoms with Crippen LogP contribution in [0.25, 0.3) is 0 Å². The van der Waals surface area contributed by atoms with E-state index in [2.05, 4.69) is 10.3 Å². The zero-order valence-electron chi connectivity index (χ0n) is 12.2. The van der Waals surface area contributed by atoms with Gasteiger partial charge in [0.25, 0.3) is 5.91 Å². The van der Waals surface area contributed by atoms with Crippen LogP contribution in [0.15, 0.2) is 42.6 Å². The van der Waals surface area contributed by atoms with Crippen LogP contribution >= 0.6 is 0 Å². The minimum absolute atomic E-state index is 0.299. The van der Waals surface area contributed by atoms with Gasteiger partial charge in [0.1, 0.15) is 11.6 Å². The number of anilines is 1. The Labute approximate surface area is 132 Å². The molecule has 1 N–H and O–H groups in total. The van der Waals surface area contributed by atoms with Crippen LogP contribution < -0.4 is 10.1 Å². The highest BCUT2D eigenvalue weighted by molar-refractivity contribution is 6.15. The highest BCUT2D eigenvalue weighted by Gasteiger charge is 2.28. The first-order valence-electron chi connectivity index (χ1n) is 7.10. The predicted octanol–water partition coefficient (Wildman–Crippen LogP) is 1.98. The third kappa shape index (κ3) is 3.04. The molecule has 0 spiro atoms. The smallest absolute Gasteiger partial charge is 0.250 e. The normalized spacial score (nSPS) is 13.3. The van der Waals surface area contributed by atoms with Gasteiger partial charge in [-0.05, 0) is 35.9 Å². The van der Waals surface area contributed by atoms with Crippen molar-refractivity contribution in [3.63, 3.8) is 0 Å². The first-order valence-corrected chi connectivity index (χ1v) is 7.10. The van der Waals surface area contributed by atoms with E-state index in [1.54, 1.807) is 42.5 Å². The summed E-state index contributed by atoms with van der Waals surface area (Å²) in [6, 6.07) is 11.7. The molecule has 1 unspecified atom stereocenters. The van der Waals surface area contributed by atoms with E-state index in [1.165, 1.54) is 6.20 Å². The van der Waals surface area contributed by atoms with Gasteiger partial charge in [0.05, 0.1) is 12.7 Å². The number of fused-ring (bicyclic) bond motifs is 1. The zero-order chi connectivity index (χ0) is 16.2. The summed E-state index contributed by atoms with van der Waals surface area (Å²) >= 11 is 0. The number of amides is 1. The predicted molar refractivity (Wildman–Crippen MR) is 81.9 cm³/mol. The minimum atomic E-state index is -1.42. The summed E-state index contributed by atoms with van der Waals surface area (Å²) in [6.07, 6.45) is 2.23. The number of nitrogens with zero attached hydrogens (tertiary/aromatic N) is 2. The maximum atomic E-state index is 12.5. The number of ether oxygens (including phenoxy) is 1. The molecule has 1 amide bonds. The SMILES string of the molecule is N#CC(C(=O)Nc1ccccn1)C(=O)c1ccc2c(c1)CCO2. The number of hydrogen-bond acceptors (Lipinski definition) is 5. The van der Waals surface area contributed by atoms with Crippen molar-refractivity contribution in [3.8, 4) is 11.8 Å². The third-order valence-electron chi connectivity index (χ3n) is 3.54. The Morgan fingerprint density at radius 2 is 2.17 bits per heavy atom. The standard InChI is InChI=1S/C17H13N3O3/c18-10-13(17(22)20-15-3-1-2-7-19-15)16(21)12-4-5-14-11(9-12)6-8-23-14/h1-5,7,9,13H,6,8H2,(H,19,20,22). The highest BCUT2D eigenvalue weighted by atomic mass is 16.5. The Morgan fingerprint density at radius 1 is 1.30 bits per heavy atom. The molecule has 6 nitrogen and oxygen atoms in total. The van der Waals surface area contributed by atoms with Gasteiger partial charge in [-0.1, -0.05) is 6.07 Å². The zero-order valence-corrected chi connectivity index (χ0v) is 12.2. The van der Waals surface area contributed by atoms with Crippen LogP contribution in [-0.2, 0) is 11.2 Å². The second-order valence-electron chi connectivity index (χ2n) is 5.05. The number of Topliss-reactive ketones (excluding diaryl/α,β-unsaturated/α-hetero) is 1. The van der Waals surface area contributed by atoms with E-state index in [1.807, 2.05) is 0 Å². The topological polar surface area (TPSA) is 92.1 Å². The molecule has 1 aromatic heterocycles. The van der Waals surface area contributed by atoms with Crippen molar-refractivity contribution >= 4 is 17.5 Å². The fourth-order valence-corrected chi connectivity index (χ4v) is 2.38. The molecule has 3 rings (SSSR count). The van der Waals surface area contributed by atoms with Crippen LogP contribution in [0.2, 0.25) is 0 Å². The van der Waals surface area contributed by atoms with Crippen molar-refractivity contribution < 1.29 is 14.3 Å². The molecule has 1 atom stereocenters. The Morgan fingerprint density at radius 3 is 2.91 bits per heavy atom. The van der Waals surface area contributed by atoms with Gasteiger partial charge < -0.3 is 10.1 Å². The van der Waals surface area contributed by atoms with E-state index >= 15 is 0 Å². The molecule has 0 fully saturated rings. The number of pyridine rings is 1. The van der Waals surface area contributed by atoms with Gasteiger partial charge in [0, 0.05) is 18.2 Å². The van der Waals surface area contributed by atoms with Gasteiger partial charge >= 0.3 is 0 Å². The molecule has 0 saturated heterocycles. The third-order valence-corrected chi connectivity index (χ3v) is 3.54. The van der Waals surface area contributed by atoms with Crippen molar-refractivity contribution in [2.24, 2.45) is 5.92 Å². The second kappa shape index (κ2) is 6.28. The second-order valence-corrected chi connectivity index (χ2v) is 5.05. The molecule has 114 valence electrons. The van der Waals surface area contributed by atoms with Crippen molar-refractivity contribution in [1.82, 2.24) is 4.98 Å². The molecular weight excluding hydrogens is 294 g/mol. The van der Waals surface area contributed by atoms with Gasteiger partial charge in [-0.3, -0.25) is 9.59 Å². The van der Waals surface area contributed by atoms with Crippen LogP contribution in [0.1, 0.15) is 15.9 Å². The summed E-state index contributed by atoms with van der Waals surface area (Å²) in [6.45, 7) is 0.578. The average Bonchev–Trinajstić information content (AvgIpc) is 3.04. The first kappa shape index (κ1) is 14.7. The molecule has 1 aromatic carbocycles. The molecule has 23 heavy (non-hydrogen) atoms. The van der Waals surface area contributed by atoms with E-state index in [0.717, 1.165) is 11.3 Å². The van der Waals surface area contributed by atoms with E-state index in [4.69, 9.17) is 4.74 Å². The van der Waals surface area contributed by atoms with Crippen molar-refractivity contribution in [1.29, 1.82) is 5.26 Å². The number of carbonyl (C=O) groups is 2. The lowest BCUT2D eigenvalue weighted by atomic mass is 9.96. The Hall–Kier alpha value is -3.20. The molecule has 2 aromatic rings. The Kier molecular flexibility index (Phi) is 4.02. The fourth-order valence-electron chi connectivity index (χ4n) is 2.38. The number of carbonyl (C=O) groups excluding carboxylic acids is 2. The maximum absolute atomic E-state index is 12.5. The fraction of sp³-hybridized carbons (Fsp3) is 0.176. The Balaban J connectivity index is 1.79. The lowest BCUT2D eigenvalue weighted by Crippen LogP contribution is -2.29. The number of nitrogens with one attached hydrogen (secondary N) is 1. The van der Waals surface area contributed by atoms with Crippen LogP contribution in [0.4, 0.5) is 5.82 Å². The van der Waals surface area contributed by atoms with Gasteiger partial charge in [-0.15, -0.1) is 0 Å². The summed E-state index contributed by atoms with van der Waals surface area (Å²) in [5.74, 6) is -1.60. The van der Waals surface area contributed by atoms with Gasteiger partial charge in [-0.25, -0.2) is 4.98 Å².